The Bertz CT molecular complexity index is 689. The Morgan fingerprint density at radius 1 is 1.09 bits per heavy atom. The molecule has 0 atom stereocenters. The summed E-state index contributed by atoms with van der Waals surface area (Å²) in [5.41, 5.74) is 1.07. The topological polar surface area (TPSA) is 65.0 Å². The van der Waals surface area contributed by atoms with Crippen molar-refractivity contribution >= 4 is 11.9 Å². The predicted molar refractivity (Wildman–Crippen MR) is 87.0 cm³/mol. The number of rotatable bonds is 7. The largest absolute Gasteiger partial charge is 0.507 e. The smallest absolute Gasteiger partial charge is 0.189 e. The molecule has 2 rings (SSSR count). The second-order valence-corrected chi connectivity index (χ2v) is 4.70. The van der Waals surface area contributed by atoms with Gasteiger partial charge in [-0.2, -0.15) is 0 Å². The molecule has 0 heterocycles. The predicted octanol–water partition coefficient (Wildman–Crippen LogP) is 3.28. The van der Waals surface area contributed by atoms with E-state index in [9.17, 15) is 9.90 Å². The Hall–Kier alpha value is -2.79. The molecule has 2 aromatic carbocycles. The van der Waals surface area contributed by atoms with Crippen LogP contribution in [0, 0.1) is 0 Å². The van der Waals surface area contributed by atoms with Crippen molar-refractivity contribution in [2.45, 2.75) is 0 Å². The number of carbonyl (C=O) groups excluding carboxylic acids is 1. The van der Waals surface area contributed by atoms with Crippen molar-refractivity contribution in [1.29, 1.82) is 0 Å². The van der Waals surface area contributed by atoms with E-state index in [-0.39, 0.29) is 23.9 Å². The minimum Gasteiger partial charge on any atom is -0.507 e. The molecule has 2 aromatic rings. The monoisotopic (exact) mass is 314 g/mol. The highest BCUT2D eigenvalue weighted by atomic mass is 16.7. The molecule has 23 heavy (non-hydrogen) atoms. The summed E-state index contributed by atoms with van der Waals surface area (Å²) >= 11 is 0. The number of aromatic hydroxyl groups is 1. The van der Waals surface area contributed by atoms with Crippen LogP contribution >= 0.6 is 0 Å². The Labute approximate surface area is 134 Å². The first-order valence-electron chi connectivity index (χ1n) is 6.95. The lowest BCUT2D eigenvalue weighted by atomic mass is 10.1. The van der Waals surface area contributed by atoms with Gasteiger partial charge in [0.15, 0.2) is 12.6 Å². The summed E-state index contributed by atoms with van der Waals surface area (Å²) in [4.78, 5) is 12.2. The van der Waals surface area contributed by atoms with Crippen LogP contribution in [0.1, 0.15) is 15.9 Å². The van der Waals surface area contributed by atoms with Crippen LogP contribution in [0.25, 0.3) is 6.08 Å². The molecule has 0 radical (unpaired) electrons. The number of ether oxygens (including phenoxy) is 3. The lowest BCUT2D eigenvalue weighted by Gasteiger charge is -2.06. The van der Waals surface area contributed by atoms with E-state index in [1.54, 1.807) is 19.3 Å². The molecule has 0 saturated heterocycles. The average Bonchev–Trinajstić information content (AvgIpc) is 2.58. The number of allylic oxidation sites excluding steroid dienone is 1. The Kier molecular flexibility index (Phi) is 5.77. The molecule has 0 aromatic heterocycles. The summed E-state index contributed by atoms with van der Waals surface area (Å²) in [6, 6.07) is 11.8. The summed E-state index contributed by atoms with van der Waals surface area (Å²) in [5, 5.41) is 9.93. The second-order valence-electron chi connectivity index (χ2n) is 4.70. The lowest BCUT2D eigenvalue weighted by molar-refractivity contribution is 0.0510. The highest BCUT2D eigenvalue weighted by Crippen LogP contribution is 2.24. The van der Waals surface area contributed by atoms with E-state index >= 15 is 0 Å². The first kappa shape index (κ1) is 16.6. The molecule has 0 amide bonds. The van der Waals surface area contributed by atoms with Gasteiger partial charge in [-0.3, -0.25) is 4.79 Å². The van der Waals surface area contributed by atoms with Gasteiger partial charge >= 0.3 is 0 Å². The van der Waals surface area contributed by atoms with Crippen LogP contribution < -0.4 is 9.47 Å². The van der Waals surface area contributed by atoms with Crippen LogP contribution in [0.15, 0.2) is 48.5 Å². The van der Waals surface area contributed by atoms with E-state index in [1.165, 1.54) is 25.3 Å². The molecule has 0 unspecified atom stereocenters. The summed E-state index contributed by atoms with van der Waals surface area (Å²) in [6.45, 7) is 0.0735. The number of ketones is 1. The Balaban J connectivity index is 2.08. The first-order chi connectivity index (χ1) is 11.1. The molecule has 5 heteroatoms. The number of phenolic OH excluding ortho intramolecular Hbond substituents is 1. The number of carbonyl (C=O) groups is 1. The van der Waals surface area contributed by atoms with Crippen molar-refractivity contribution in [2.75, 3.05) is 21.0 Å². The van der Waals surface area contributed by atoms with Crippen molar-refractivity contribution in [3.05, 3.63) is 59.7 Å². The number of hydrogen-bond donors (Lipinski definition) is 1. The number of hydrogen-bond acceptors (Lipinski definition) is 5. The summed E-state index contributed by atoms with van der Waals surface area (Å²) in [6.07, 6.45) is 3.09. The Morgan fingerprint density at radius 3 is 2.39 bits per heavy atom. The molecule has 0 spiro atoms. The van der Waals surface area contributed by atoms with Crippen molar-refractivity contribution in [3.8, 4) is 17.2 Å². The number of methoxy groups -OCH3 is 2. The van der Waals surface area contributed by atoms with E-state index in [2.05, 4.69) is 0 Å². The summed E-state index contributed by atoms with van der Waals surface area (Å²) < 4.78 is 15.0. The van der Waals surface area contributed by atoms with Gasteiger partial charge in [-0.15, -0.1) is 0 Å². The van der Waals surface area contributed by atoms with E-state index in [0.717, 1.165) is 11.3 Å². The highest BCUT2D eigenvalue weighted by molar-refractivity contribution is 6.08. The van der Waals surface area contributed by atoms with Crippen LogP contribution in [0.5, 0.6) is 17.2 Å². The van der Waals surface area contributed by atoms with Gasteiger partial charge in [0.2, 0.25) is 0 Å². The molecule has 0 fully saturated rings. The zero-order valence-corrected chi connectivity index (χ0v) is 13.0. The SMILES string of the molecule is COCOc1ccc(C(=O)C=Cc2ccc(OC)cc2)c(O)c1. The third-order valence-corrected chi connectivity index (χ3v) is 3.12. The summed E-state index contributed by atoms with van der Waals surface area (Å²) in [7, 11) is 3.10. The molecule has 0 saturated carbocycles. The fourth-order valence-corrected chi connectivity index (χ4v) is 1.91. The van der Waals surface area contributed by atoms with Crippen LogP contribution in [-0.2, 0) is 4.74 Å². The van der Waals surface area contributed by atoms with Crippen LogP contribution in [0.4, 0.5) is 0 Å². The molecule has 0 aliphatic heterocycles. The third-order valence-electron chi connectivity index (χ3n) is 3.12. The minimum absolute atomic E-state index is 0.0735. The molecule has 120 valence electrons. The van der Waals surface area contributed by atoms with Crippen LogP contribution in [0.3, 0.4) is 0 Å². The van der Waals surface area contributed by atoms with Crippen molar-refractivity contribution in [1.82, 2.24) is 0 Å². The molecule has 0 aliphatic rings. The maximum atomic E-state index is 12.2. The summed E-state index contributed by atoms with van der Waals surface area (Å²) in [5.74, 6) is 0.748. The number of benzene rings is 2. The third kappa shape index (κ3) is 4.59. The van der Waals surface area contributed by atoms with Gasteiger partial charge in [0.1, 0.15) is 17.2 Å². The van der Waals surface area contributed by atoms with E-state index in [1.807, 2.05) is 24.3 Å². The maximum absolute atomic E-state index is 12.2. The standard InChI is InChI=1S/C18H18O5/c1-21-12-23-15-8-9-16(18(20)11-15)17(19)10-5-13-3-6-14(22-2)7-4-13/h3-11,20H,12H2,1-2H3. The van der Waals surface area contributed by atoms with Gasteiger partial charge < -0.3 is 19.3 Å². The fraction of sp³-hybridized carbons (Fsp3) is 0.167. The molecule has 1 N–H and O–H groups in total. The van der Waals surface area contributed by atoms with Crippen molar-refractivity contribution < 1.29 is 24.1 Å². The lowest BCUT2D eigenvalue weighted by Crippen LogP contribution is -2.00. The molecular weight excluding hydrogens is 296 g/mol. The minimum atomic E-state index is -0.295. The van der Waals surface area contributed by atoms with Gasteiger partial charge in [-0.25, -0.2) is 0 Å². The molecule has 5 nitrogen and oxygen atoms in total. The maximum Gasteiger partial charge on any atom is 0.189 e. The molecule has 0 aliphatic carbocycles. The average molecular weight is 314 g/mol. The van der Waals surface area contributed by atoms with E-state index in [0.29, 0.717) is 5.75 Å². The quantitative estimate of drug-likeness (QED) is 0.483. The first-order valence-corrected chi connectivity index (χ1v) is 6.95. The highest BCUT2D eigenvalue weighted by Gasteiger charge is 2.09. The van der Waals surface area contributed by atoms with Crippen LogP contribution in [0.2, 0.25) is 0 Å². The van der Waals surface area contributed by atoms with Gasteiger partial charge in [0, 0.05) is 13.2 Å². The van der Waals surface area contributed by atoms with Crippen LogP contribution in [-0.4, -0.2) is 31.9 Å². The van der Waals surface area contributed by atoms with E-state index in [4.69, 9.17) is 14.2 Å². The second kappa shape index (κ2) is 8.00. The van der Waals surface area contributed by atoms with Gasteiger partial charge in [-0.05, 0) is 35.9 Å². The van der Waals surface area contributed by atoms with Gasteiger partial charge in [0.25, 0.3) is 0 Å². The van der Waals surface area contributed by atoms with E-state index < -0.39 is 0 Å². The van der Waals surface area contributed by atoms with Crippen molar-refractivity contribution in [2.24, 2.45) is 0 Å². The Morgan fingerprint density at radius 2 is 1.78 bits per heavy atom. The van der Waals surface area contributed by atoms with Gasteiger partial charge in [-0.1, -0.05) is 18.2 Å². The van der Waals surface area contributed by atoms with Crippen molar-refractivity contribution in [3.63, 3.8) is 0 Å². The normalized spacial score (nSPS) is 10.7. The zero-order valence-electron chi connectivity index (χ0n) is 13.0. The molecule has 0 bridgehead atoms. The number of phenols is 1. The zero-order chi connectivity index (χ0) is 16.7. The fourth-order valence-electron chi connectivity index (χ4n) is 1.91. The molecular formula is C18H18O5. The van der Waals surface area contributed by atoms with Gasteiger partial charge in [0.05, 0.1) is 12.7 Å².